The number of benzene rings is 1. The molecular formula is C14H14N2O4S. The van der Waals surface area contributed by atoms with E-state index in [9.17, 15) is 9.32 Å². The molecular weight excluding hydrogens is 292 g/mol. The minimum Gasteiger partial charge on any atom is -0.504 e. The molecule has 6 nitrogen and oxygen atoms in total. The Balaban J connectivity index is 2.30. The van der Waals surface area contributed by atoms with Crippen molar-refractivity contribution < 1.29 is 18.6 Å². The van der Waals surface area contributed by atoms with Gasteiger partial charge in [0.25, 0.3) is 0 Å². The van der Waals surface area contributed by atoms with E-state index in [1.807, 2.05) is 0 Å². The van der Waals surface area contributed by atoms with Gasteiger partial charge in [0.15, 0.2) is 16.5 Å². The topological polar surface area (TPSA) is 92.0 Å². The van der Waals surface area contributed by atoms with Crippen LogP contribution >= 0.6 is 0 Å². The summed E-state index contributed by atoms with van der Waals surface area (Å²) in [6, 6.07) is 6.72. The van der Waals surface area contributed by atoms with Gasteiger partial charge in [-0.3, -0.25) is 4.99 Å². The van der Waals surface area contributed by atoms with Gasteiger partial charge in [-0.15, -0.1) is 0 Å². The van der Waals surface area contributed by atoms with Gasteiger partial charge in [0.1, 0.15) is 0 Å². The molecule has 1 aromatic heterocycles. The first kappa shape index (κ1) is 15.1. The Morgan fingerprint density at radius 2 is 2.19 bits per heavy atom. The molecule has 7 heteroatoms. The summed E-state index contributed by atoms with van der Waals surface area (Å²) < 4.78 is 25.0. The average Bonchev–Trinajstić information content (AvgIpc) is 2.46. The normalized spacial score (nSPS) is 12.5. The van der Waals surface area contributed by atoms with Crippen LogP contribution in [0.4, 0.5) is 5.69 Å². The van der Waals surface area contributed by atoms with E-state index in [-0.39, 0.29) is 10.8 Å². The third-order valence-electron chi connectivity index (χ3n) is 2.78. The average molecular weight is 306 g/mol. The highest BCUT2D eigenvalue weighted by Gasteiger charge is 2.07. The summed E-state index contributed by atoms with van der Waals surface area (Å²) in [5.74, 6) is 0.362. The summed E-state index contributed by atoms with van der Waals surface area (Å²) >= 11 is -2.12. The molecule has 0 saturated carbocycles. The van der Waals surface area contributed by atoms with Gasteiger partial charge in [0, 0.05) is 11.8 Å². The smallest absolute Gasteiger partial charge is 0.205 e. The summed E-state index contributed by atoms with van der Waals surface area (Å²) in [5, 5.41) is 10.0. The number of aromatic nitrogens is 1. The molecule has 1 aromatic carbocycles. The molecule has 0 aliphatic carbocycles. The van der Waals surface area contributed by atoms with E-state index in [0.717, 1.165) is 0 Å². The summed E-state index contributed by atoms with van der Waals surface area (Å²) in [5.41, 5.74) is 1.59. The number of hydrogen-bond acceptors (Lipinski definition) is 5. The van der Waals surface area contributed by atoms with E-state index < -0.39 is 11.1 Å². The number of nitrogens with zero attached hydrogens (tertiary/aromatic N) is 2. The Labute approximate surface area is 124 Å². The number of phenolic OH excluding ortho intramolecular Hbond substituents is 1. The minimum atomic E-state index is -2.12. The lowest BCUT2D eigenvalue weighted by molar-refractivity contribution is 0.373. The van der Waals surface area contributed by atoms with Crippen molar-refractivity contribution in [3.8, 4) is 11.5 Å². The van der Waals surface area contributed by atoms with Crippen molar-refractivity contribution in [1.29, 1.82) is 0 Å². The Hall–Kier alpha value is -2.25. The van der Waals surface area contributed by atoms with Crippen molar-refractivity contribution >= 4 is 23.0 Å². The quantitative estimate of drug-likeness (QED) is 0.668. The van der Waals surface area contributed by atoms with E-state index in [1.54, 1.807) is 31.2 Å². The predicted molar refractivity (Wildman–Crippen MR) is 79.9 cm³/mol. The number of ether oxygens (including phenoxy) is 1. The first-order valence-corrected chi connectivity index (χ1v) is 7.11. The standard InChI is InChI=1S/C14H14N2O4S/c1-9-6-11(8-16-14(9)21(18)19)15-7-10-4-3-5-12(20-2)13(10)17/h3-8,17H,1-2H3,(H,18,19). The second-order valence-electron chi connectivity index (χ2n) is 4.22. The fourth-order valence-corrected chi connectivity index (χ4v) is 2.23. The number of aryl methyl sites for hydroxylation is 1. The molecule has 110 valence electrons. The molecule has 1 heterocycles. The second-order valence-corrected chi connectivity index (χ2v) is 5.11. The number of hydrogen-bond donors (Lipinski definition) is 2. The minimum absolute atomic E-state index is 0.00140. The number of aromatic hydroxyl groups is 1. The van der Waals surface area contributed by atoms with Crippen LogP contribution in [0.1, 0.15) is 11.1 Å². The summed E-state index contributed by atoms with van der Waals surface area (Å²) in [6.07, 6.45) is 2.87. The van der Waals surface area contributed by atoms with Gasteiger partial charge in [0.05, 0.1) is 19.0 Å². The van der Waals surface area contributed by atoms with Crippen molar-refractivity contribution in [2.45, 2.75) is 11.9 Å². The van der Waals surface area contributed by atoms with Crippen LogP contribution in [0.3, 0.4) is 0 Å². The van der Waals surface area contributed by atoms with E-state index in [4.69, 9.17) is 9.29 Å². The first-order valence-electron chi connectivity index (χ1n) is 6.00. The number of phenols is 1. The maximum absolute atomic E-state index is 11.0. The fourth-order valence-electron chi connectivity index (χ4n) is 1.75. The lowest BCUT2D eigenvalue weighted by Gasteiger charge is -2.05. The van der Waals surface area contributed by atoms with Crippen molar-refractivity contribution in [2.75, 3.05) is 7.11 Å². The second kappa shape index (κ2) is 6.47. The molecule has 2 N–H and O–H groups in total. The third-order valence-corrected chi connectivity index (χ3v) is 3.54. The van der Waals surface area contributed by atoms with Crippen LogP contribution in [0, 0.1) is 6.92 Å². The van der Waals surface area contributed by atoms with Crippen molar-refractivity contribution in [3.05, 3.63) is 41.6 Å². The molecule has 0 bridgehead atoms. The third kappa shape index (κ3) is 3.45. The van der Waals surface area contributed by atoms with Crippen LogP contribution < -0.4 is 4.74 Å². The molecule has 0 aliphatic rings. The van der Waals surface area contributed by atoms with Crippen molar-refractivity contribution in [3.63, 3.8) is 0 Å². The molecule has 21 heavy (non-hydrogen) atoms. The molecule has 2 rings (SSSR count). The predicted octanol–water partition coefficient (Wildman–Crippen LogP) is 2.44. The van der Waals surface area contributed by atoms with Crippen LogP contribution in [0.15, 0.2) is 40.5 Å². The Morgan fingerprint density at radius 1 is 1.43 bits per heavy atom. The largest absolute Gasteiger partial charge is 0.504 e. The van der Waals surface area contributed by atoms with Gasteiger partial charge < -0.3 is 14.4 Å². The Kier molecular flexibility index (Phi) is 4.66. The summed E-state index contributed by atoms with van der Waals surface area (Å²) in [4.78, 5) is 8.09. The SMILES string of the molecule is COc1cccc(C=Nc2cnc(S(=O)O)c(C)c2)c1O. The Morgan fingerprint density at radius 3 is 2.81 bits per heavy atom. The van der Waals surface area contributed by atoms with Crippen molar-refractivity contribution in [1.82, 2.24) is 4.98 Å². The Bertz CT molecular complexity index is 716. The molecule has 0 spiro atoms. The van der Waals surface area contributed by atoms with Gasteiger partial charge >= 0.3 is 0 Å². The molecule has 0 amide bonds. The number of rotatable bonds is 4. The first-order chi connectivity index (χ1) is 10.0. The molecule has 1 atom stereocenters. The zero-order chi connectivity index (χ0) is 15.4. The van der Waals surface area contributed by atoms with Crippen LogP contribution in [-0.4, -0.2) is 32.2 Å². The number of aliphatic imine (C=N–C) groups is 1. The lowest BCUT2D eigenvalue weighted by Crippen LogP contribution is -1.95. The molecule has 0 radical (unpaired) electrons. The highest BCUT2D eigenvalue weighted by Crippen LogP contribution is 2.28. The lowest BCUT2D eigenvalue weighted by atomic mass is 10.2. The number of para-hydroxylation sites is 1. The molecule has 0 aliphatic heterocycles. The zero-order valence-electron chi connectivity index (χ0n) is 11.5. The highest BCUT2D eigenvalue weighted by atomic mass is 32.2. The summed E-state index contributed by atoms with van der Waals surface area (Å²) in [6.45, 7) is 1.68. The number of pyridine rings is 1. The maximum atomic E-state index is 11.0. The van der Waals surface area contributed by atoms with Crippen LogP contribution in [0.2, 0.25) is 0 Å². The van der Waals surface area contributed by atoms with Gasteiger partial charge in [-0.1, -0.05) is 6.07 Å². The molecule has 0 fully saturated rings. The molecule has 1 unspecified atom stereocenters. The van der Waals surface area contributed by atoms with Gasteiger partial charge in [0.2, 0.25) is 11.1 Å². The highest BCUT2D eigenvalue weighted by molar-refractivity contribution is 7.79. The number of methoxy groups -OCH3 is 1. The van der Waals surface area contributed by atoms with E-state index in [2.05, 4.69) is 9.98 Å². The van der Waals surface area contributed by atoms with Crippen LogP contribution in [0.5, 0.6) is 11.5 Å². The van der Waals surface area contributed by atoms with Gasteiger partial charge in [-0.25, -0.2) is 9.19 Å². The molecule has 0 saturated heterocycles. The van der Waals surface area contributed by atoms with E-state index in [1.165, 1.54) is 19.5 Å². The van der Waals surface area contributed by atoms with Gasteiger partial charge in [-0.2, -0.15) is 0 Å². The fraction of sp³-hybridized carbons (Fsp3) is 0.143. The summed E-state index contributed by atoms with van der Waals surface area (Å²) in [7, 11) is 1.47. The van der Waals surface area contributed by atoms with E-state index in [0.29, 0.717) is 22.6 Å². The van der Waals surface area contributed by atoms with E-state index >= 15 is 0 Å². The monoisotopic (exact) mass is 306 g/mol. The van der Waals surface area contributed by atoms with Crippen LogP contribution in [-0.2, 0) is 11.1 Å². The molecule has 2 aromatic rings. The maximum Gasteiger partial charge on any atom is 0.205 e. The van der Waals surface area contributed by atoms with Crippen LogP contribution in [0.25, 0.3) is 0 Å². The van der Waals surface area contributed by atoms with Crippen molar-refractivity contribution in [2.24, 2.45) is 4.99 Å². The van der Waals surface area contributed by atoms with Gasteiger partial charge in [-0.05, 0) is 30.7 Å². The zero-order valence-corrected chi connectivity index (χ0v) is 12.3.